The number of aromatic nitrogens is 5. The predicted octanol–water partition coefficient (Wildman–Crippen LogP) is 1.18. The number of nitrogens with one attached hydrogen (secondary N) is 1. The molecule has 3 rings (SSSR count). The maximum absolute atomic E-state index is 5.13. The minimum absolute atomic E-state index is 0.534. The topological polar surface area (TPSA) is 77.2 Å². The number of ether oxygens (including phenoxy) is 1. The van der Waals surface area contributed by atoms with E-state index in [1.54, 1.807) is 13.4 Å². The van der Waals surface area contributed by atoms with Crippen LogP contribution in [0.3, 0.4) is 0 Å². The number of fused-ring (bicyclic) bond motifs is 1. The molecule has 0 atom stereocenters. The second kappa shape index (κ2) is 5.52. The zero-order valence-corrected chi connectivity index (χ0v) is 11.0. The molecule has 0 radical (unpaired) electrons. The summed E-state index contributed by atoms with van der Waals surface area (Å²) in [7, 11) is 1.66. The largest absolute Gasteiger partial charge is 0.497 e. The van der Waals surface area contributed by atoms with Gasteiger partial charge in [0, 0.05) is 6.54 Å². The van der Waals surface area contributed by atoms with Crippen LogP contribution in [0.4, 0.5) is 5.95 Å². The van der Waals surface area contributed by atoms with Crippen LogP contribution in [-0.4, -0.2) is 38.2 Å². The molecule has 0 fully saturated rings. The third-order valence-corrected chi connectivity index (χ3v) is 2.89. The zero-order valence-electron chi connectivity index (χ0n) is 11.0. The first kappa shape index (κ1) is 12.3. The van der Waals surface area contributed by atoms with Crippen LogP contribution in [0.15, 0.2) is 36.9 Å². The molecule has 20 heavy (non-hydrogen) atoms. The molecule has 7 heteroatoms. The third-order valence-electron chi connectivity index (χ3n) is 2.89. The van der Waals surface area contributed by atoms with Gasteiger partial charge in [-0.25, -0.2) is 4.98 Å². The fourth-order valence-electron chi connectivity index (χ4n) is 1.84. The molecule has 1 N–H and O–H groups in total. The van der Waals surface area contributed by atoms with Gasteiger partial charge in [0.15, 0.2) is 0 Å². The number of hydrogen-bond donors (Lipinski definition) is 1. The molecule has 1 aromatic carbocycles. The smallest absolute Gasteiger partial charge is 0.256 e. The lowest BCUT2D eigenvalue weighted by molar-refractivity contribution is 0.414. The van der Waals surface area contributed by atoms with Gasteiger partial charge in [0.25, 0.3) is 5.78 Å². The first-order valence-corrected chi connectivity index (χ1v) is 6.24. The second-order valence-electron chi connectivity index (χ2n) is 4.21. The normalized spacial score (nSPS) is 10.7. The maximum Gasteiger partial charge on any atom is 0.256 e. The number of methoxy groups -OCH3 is 1. The molecule has 0 aliphatic heterocycles. The summed E-state index contributed by atoms with van der Waals surface area (Å²) in [5, 5.41) is 7.39. The van der Waals surface area contributed by atoms with Gasteiger partial charge >= 0.3 is 0 Å². The first-order valence-electron chi connectivity index (χ1n) is 6.24. The Morgan fingerprint density at radius 1 is 1.25 bits per heavy atom. The van der Waals surface area contributed by atoms with Gasteiger partial charge in [0.05, 0.1) is 7.11 Å². The molecular weight excluding hydrogens is 256 g/mol. The fourth-order valence-corrected chi connectivity index (χ4v) is 1.84. The van der Waals surface area contributed by atoms with E-state index in [1.165, 1.54) is 16.4 Å². The Kier molecular flexibility index (Phi) is 3.40. The van der Waals surface area contributed by atoms with Crippen molar-refractivity contribution >= 4 is 11.7 Å². The van der Waals surface area contributed by atoms with Crippen LogP contribution < -0.4 is 10.1 Å². The van der Waals surface area contributed by atoms with Gasteiger partial charge < -0.3 is 10.1 Å². The Morgan fingerprint density at radius 2 is 2.10 bits per heavy atom. The Morgan fingerprint density at radius 3 is 2.85 bits per heavy atom. The number of hydrogen-bond acceptors (Lipinski definition) is 6. The summed E-state index contributed by atoms with van der Waals surface area (Å²) in [6, 6.07) is 7.99. The highest BCUT2D eigenvalue weighted by molar-refractivity contribution is 5.35. The van der Waals surface area contributed by atoms with Crippen molar-refractivity contribution in [2.45, 2.75) is 6.42 Å². The highest BCUT2D eigenvalue weighted by Crippen LogP contribution is 2.11. The summed E-state index contributed by atoms with van der Waals surface area (Å²) in [6.45, 7) is 0.747. The molecule has 0 aliphatic rings. The van der Waals surface area contributed by atoms with Crippen LogP contribution in [0.2, 0.25) is 0 Å². The zero-order chi connectivity index (χ0) is 13.8. The van der Waals surface area contributed by atoms with Gasteiger partial charge in [-0.05, 0) is 24.1 Å². The van der Waals surface area contributed by atoms with Gasteiger partial charge in [0.2, 0.25) is 5.95 Å². The van der Waals surface area contributed by atoms with Crippen molar-refractivity contribution in [3.05, 3.63) is 42.5 Å². The number of anilines is 1. The summed E-state index contributed by atoms with van der Waals surface area (Å²) >= 11 is 0. The Bertz CT molecular complexity index is 660. The van der Waals surface area contributed by atoms with Gasteiger partial charge in [0.1, 0.15) is 18.4 Å². The Balaban J connectivity index is 1.58. The standard InChI is InChI=1S/C13H14N6O/c1-20-11-4-2-10(3-5-11)6-7-15-12-17-13-16-8-14-9-19(13)18-12/h2-5,8-9H,6-7H2,1H3,(H,15,18). The molecule has 102 valence electrons. The summed E-state index contributed by atoms with van der Waals surface area (Å²) in [5.74, 6) is 1.95. The Hall–Kier alpha value is -2.70. The Labute approximate surface area is 115 Å². The molecule has 3 aromatic rings. The van der Waals surface area contributed by atoms with Crippen molar-refractivity contribution < 1.29 is 4.74 Å². The fraction of sp³-hybridized carbons (Fsp3) is 0.231. The van der Waals surface area contributed by atoms with Crippen LogP contribution in [0.1, 0.15) is 5.56 Å². The summed E-state index contributed by atoms with van der Waals surface area (Å²) < 4.78 is 6.66. The lowest BCUT2D eigenvalue weighted by Gasteiger charge is -2.03. The van der Waals surface area contributed by atoms with E-state index in [0.717, 1.165) is 18.7 Å². The molecule has 0 spiro atoms. The molecule has 0 amide bonds. The van der Waals surface area contributed by atoms with E-state index in [0.29, 0.717) is 11.7 Å². The average Bonchev–Trinajstić information content (AvgIpc) is 2.90. The monoisotopic (exact) mass is 270 g/mol. The van der Waals surface area contributed by atoms with Crippen LogP contribution >= 0.6 is 0 Å². The van der Waals surface area contributed by atoms with E-state index in [2.05, 4.69) is 25.4 Å². The van der Waals surface area contributed by atoms with Crippen LogP contribution in [0, 0.1) is 0 Å². The number of benzene rings is 1. The van der Waals surface area contributed by atoms with Crippen LogP contribution in [0.25, 0.3) is 5.78 Å². The molecule has 0 unspecified atom stereocenters. The molecule has 2 aromatic heterocycles. The van der Waals surface area contributed by atoms with Crippen molar-refractivity contribution in [2.75, 3.05) is 19.0 Å². The average molecular weight is 270 g/mol. The molecule has 2 heterocycles. The highest BCUT2D eigenvalue weighted by Gasteiger charge is 2.03. The number of nitrogens with zero attached hydrogens (tertiary/aromatic N) is 5. The van der Waals surface area contributed by atoms with E-state index in [9.17, 15) is 0 Å². The van der Waals surface area contributed by atoms with E-state index in [-0.39, 0.29) is 0 Å². The summed E-state index contributed by atoms with van der Waals surface area (Å²) in [5.41, 5.74) is 1.22. The number of rotatable bonds is 5. The first-order chi connectivity index (χ1) is 9.85. The van der Waals surface area contributed by atoms with Crippen molar-refractivity contribution in [2.24, 2.45) is 0 Å². The SMILES string of the molecule is COc1ccc(CCNc2nc3ncncn3n2)cc1. The van der Waals surface area contributed by atoms with Crippen LogP contribution in [-0.2, 0) is 6.42 Å². The van der Waals surface area contributed by atoms with Crippen LogP contribution in [0.5, 0.6) is 5.75 Å². The molecule has 0 bridgehead atoms. The minimum atomic E-state index is 0.534. The minimum Gasteiger partial charge on any atom is -0.497 e. The highest BCUT2D eigenvalue weighted by atomic mass is 16.5. The van der Waals surface area contributed by atoms with Crippen molar-refractivity contribution in [3.8, 4) is 5.75 Å². The van der Waals surface area contributed by atoms with Crippen molar-refractivity contribution in [3.63, 3.8) is 0 Å². The molecule has 0 saturated heterocycles. The van der Waals surface area contributed by atoms with E-state index in [1.807, 2.05) is 24.3 Å². The van der Waals surface area contributed by atoms with Crippen molar-refractivity contribution in [1.29, 1.82) is 0 Å². The van der Waals surface area contributed by atoms with E-state index >= 15 is 0 Å². The lowest BCUT2D eigenvalue weighted by atomic mass is 10.1. The molecule has 0 aliphatic carbocycles. The summed E-state index contributed by atoms with van der Waals surface area (Å²) in [6.07, 6.45) is 3.90. The van der Waals surface area contributed by atoms with Gasteiger partial charge in [-0.1, -0.05) is 12.1 Å². The van der Waals surface area contributed by atoms with E-state index < -0.39 is 0 Å². The van der Waals surface area contributed by atoms with Gasteiger partial charge in [-0.2, -0.15) is 14.5 Å². The summed E-state index contributed by atoms with van der Waals surface area (Å²) in [4.78, 5) is 12.1. The van der Waals surface area contributed by atoms with Gasteiger partial charge in [-0.15, -0.1) is 5.10 Å². The second-order valence-corrected chi connectivity index (χ2v) is 4.21. The molecule has 0 saturated carbocycles. The van der Waals surface area contributed by atoms with Gasteiger partial charge in [-0.3, -0.25) is 0 Å². The predicted molar refractivity (Wildman–Crippen MR) is 73.8 cm³/mol. The maximum atomic E-state index is 5.13. The molecular formula is C13H14N6O. The quantitative estimate of drug-likeness (QED) is 0.750. The van der Waals surface area contributed by atoms with E-state index in [4.69, 9.17) is 4.74 Å². The third kappa shape index (κ3) is 2.66. The molecule has 7 nitrogen and oxygen atoms in total. The van der Waals surface area contributed by atoms with Crippen molar-refractivity contribution in [1.82, 2.24) is 24.6 Å². The lowest BCUT2D eigenvalue weighted by Crippen LogP contribution is -2.06.